The molecule has 0 saturated carbocycles. The van der Waals surface area contributed by atoms with E-state index in [9.17, 15) is 9.66 Å². The molecule has 0 radical (unpaired) electrons. The summed E-state index contributed by atoms with van der Waals surface area (Å²) in [6.45, 7) is 0.929. The topological polar surface area (TPSA) is 89.4 Å². The summed E-state index contributed by atoms with van der Waals surface area (Å²) in [4.78, 5) is 0.391. The van der Waals surface area contributed by atoms with Crippen molar-refractivity contribution in [2.75, 3.05) is 6.61 Å². The fourth-order valence-corrected chi connectivity index (χ4v) is 7.04. The maximum absolute atomic E-state index is 14.4. The van der Waals surface area contributed by atoms with Crippen LogP contribution >= 0.6 is 0 Å². The van der Waals surface area contributed by atoms with E-state index in [0.29, 0.717) is 11.5 Å². The highest BCUT2D eigenvalue weighted by atomic mass is 32.2. The van der Waals surface area contributed by atoms with E-state index in [0.717, 1.165) is 22.3 Å². The minimum atomic E-state index is -2.31. The minimum absolute atomic E-state index is 0.0409. The SMILES string of the molecule is [O-][S+](c1ccccc1)[C@]1(O)O[C@H](COCc2ccccc2)[C@@H](OCc2ccccc2)[C@H](OCc2ccccc2)[C@H]1OCc1ccccc1. The normalized spacial score (nSPS) is 23.0. The molecular weight excluding hydrogens is 625 g/mol. The Balaban J connectivity index is 1.37. The lowest BCUT2D eigenvalue weighted by atomic mass is 9.97. The summed E-state index contributed by atoms with van der Waals surface area (Å²) in [6.07, 6.45) is -3.76. The minimum Gasteiger partial charge on any atom is -0.607 e. The van der Waals surface area contributed by atoms with E-state index in [1.54, 1.807) is 24.3 Å². The van der Waals surface area contributed by atoms with E-state index < -0.39 is 40.7 Å². The van der Waals surface area contributed by atoms with Gasteiger partial charge in [0, 0.05) is 0 Å². The van der Waals surface area contributed by atoms with E-state index in [1.807, 2.05) is 127 Å². The van der Waals surface area contributed by atoms with Crippen molar-refractivity contribution in [2.24, 2.45) is 0 Å². The zero-order chi connectivity index (χ0) is 33.0. The van der Waals surface area contributed by atoms with Crippen LogP contribution in [0.3, 0.4) is 0 Å². The Bertz CT molecular complexity index is 1630. The molecule has 5 aromatic rings. The molecular formula is C40H40O7S. The standard InChI is InChI=1S/C40H40O7S/c41-40(48(42)35-24-14-5-15-25-35)39(46-29-34-22-12-4-13-23-34)38(45-28-33-20-10-3-11-21-33)37(44-27-32-18-8-2-9-19-32)36(47-40)30-43-26-31-16-6-1-7-17-31/h1-25,36-39,41H,26-30H2/t36-,37-,38+,39-,40-,48?/m1/s1. The molecule has 0 aromatic heterocycles. The van der Waals surface area contributed by atoms with Gasteiger partial charge in [-0.15, -0.1) is 0 Å². The first-order chi connectivity index (χ1) is 23.6. The number of rotatable bonds is 15. The van der Waals surface area contributed by atoms with Crippen LogP contribution in [0, 0.1) is 0 Å². The summed E-state index contributed by atoms with van der Waals surface area (Å²) in [7, 11) is 0. The molecule has 1 aliphatic heterocycles. The Morgan fingerprint density at radius 1 is 0.542 bits per heavy atom. The second-order valence-electron chi connectivity index (χ2n) is 11.6. The fourth-order valence-electron chi connectivity index (χ4n) is 5.68. The van der Waals surface area contributed by atoms with Crippen molar-refractivity contribution >= 4 is 11.2 Å². The van der Waals surface area contributed by atoms with Crippen LogP contribution < -0.4 is 0 Å². The Morgan fingerprint density at radius 3 is 1.42 bits per heavy atom. The molecule has 0 spiro atoms. The van der Waals surface area contributed by atoms with Gasteiger partial charge in [-0.25, -0.2) is 0 Å². The second kappa shape index (κ2) is 17.0. The van der Waals surface area contributed by atoms with Gasteiger partial charge in [0.1, 0.15) is 18.3 Å². The maximum atomic E-state index is 14.4. The van der Waals surface area contributed by atoms with Crippen LogP contribution in [0.1, 0.15) is 22.3 Å². The van der Waals surface area contributed by atoms with E-state index in [2.05, 4.69) is 0 Å². The zero-order valence-electron chi connectivity index (χ0n) is 26.6. The maximum Gasteiger partial charge on any atom is 0.371 e. The molecule has 0 bridgehead atoms. The van der Waals surface area contributed by atoms with Gasteiger partial charge in [-0.05, 0) is 34.4 Å². The highest BCUT2D eigenvalue weighted by molar-refractivity contribution is 7.92. The highest BCUT2D eigenvalue weighted by Gasteiger charge is 2.64. The lowest BCUT2D eigenvalue weighted by Crippen LogP contribution is -2.69. The highest BCUT2D eigenvalue weighted by Crippen LogP contribution is 2.41. The Labute approximate surface area is 285 Å². The van der Waals surface area contributed by atoms with E-state index in [-0.39, 0.29) is 26.4 Å². The van der Waals surface area contributed by atoms with Gasteiger partial charge in [0.25, 0.3) is 0 Å². The van der Waals surface area contributed by atoms with Crippen LogP contribution in [0.15, 0.2) is 157 Å². The molecule has 1 unspecified atom stereocenters. The van der Waals surface area contributed by atoms with Crippen molar-refractivity contribution in [1.29, 1.82) is 0 Å². The smallest absolute Gasteiger partial charge is 0.371 e. The van der Waals surface area contributed by atoms with E-state index in [1.165, 1.54) is 0 Å². The molecule has 0 aliphatic carbocycles. The summed E-state index contributed by atoms with van der Waals surface area (Å²) in [5, 5.41) is 10.2. The van der Waals surface area contributed by atoms with Crippen molar-refractivity contribution < 1.29 is 33.3 Å². The number of aliphatic hydroxyl groups is 1. The summed E-state index contributed by atoms with van der Waals surface area (Å²) in [6, 6.07) is 47.8. The quantitative estimate of drug-likeness (QED) is 0.123. The predicted octanol–water partition coefficient (Wildman–Crippen LogP) is 6.81. The number of hydrogen-bond acceptors (Lipinski definition) is 7. The Hall–Kier alpha value is -3.83. The Morgan fingerprint density at radius 2 is 0.938 bits per heavy atom. The van der Waals surface area contributed by atoms with Gasteiger partial charge in [0.15, 0.2) is 11.0 Å². The van der Waals surface area contributed by atoms with Gasteiger partial charge in [-0.3, -0.25) is 4.74 Å². The number of benzene rings is 5. The molecule has 6 rings (SSSR count). The fraction of sp³-hybridized carbons (Fsp3) is 0.250. The van der Waals surface area contributed by atoms with Crippen LogP contribution in [0.4, 0.5) is 0 Å². The van der Waals surface area contributed by atoms with Gasteiger partial charge in [-0.1, -0.05) is 140 Å². The van der Waals surface area contributed by atoms with Crippen molar-refractivity contribution in [3.63, 3.8) is 0 Å². The van der Waals surface area contributed by atoms with Crippen molar-refractivity contribution in [1.82, 2.24) is 0 Å². The lowest BCUT2D eigenvalue weighted by Gasteiger charge is -2.48. The molecule has 248 valence electrons. The number of hydrogen-bond donors (Lipinski definition) is 1. The number of ether oxygens (including phenoxy) is 5. The second-order valence-corrected chi connectivity index (χ2v) is 13.2. The lowest BCUT2D eigenvalue weighted by molar-refractivity contribution is -0.336. The first-order valence-electron chi connectivity index (χ1n) is 16.1. The molecule has 1 saturated heterocycles. The summed E-state index contributed by atoms with van der Waals surface area (Å²) >= 11 is -2.09. The largest absolute Gasteiger partial charge is 0.607 e. The van der Waals surface area contributed by atoms with Crippen LogP contribution in [-0.4, -0.2) is 45.8 Å². The molecule has 6 atom stereocenters. The molecule has 1 N–H and O–H groups in total. The molecule has 7 nitrogen and oxygen atoms in total. The van der Waals surface area contributed by atoms with Gasteiger partial charge < -0.3 is 28.6 Å². The van der Waals surface area contributed by atoms with Crippen LogP contribution in [0.25, 0.3) is 0 Å². The average Bonchev–Trinajstić information content (AvgIpc) is 3.15. The third-order valence-electron chi connectivity index (χ3n) is 8.13. The van der Waals surface area contributed by atoms with Crippen LogP contribution in [0.2, 0.25) is 0 Å². The molecule has 8 heteroatoms. The monoisotopic (exact) mass is 664 g/mol. The summed E-state index contributed by atoms with van der Waals surface area (Å²) in [5.41, 5.74) is 3.75. The predicted molar refractivity (Wildman–Crippen MR) is 184 cm³/mol. The molecule has 1 fully saturated rings. The van der Waals surface area contributed by atoms with Gasteiger partial charge in [0.2, 0.25) is 0 Å². The van der Waals surface area contributed by atoms with Crippen molar-refractivity contribution in [2.45, 2.75) is 60.9 Å². The van der Waals surface area contributed by atoms with Gasteiger partial charge >= 0.3 is 5.12 Å². The molecule has 1 aliphatic rings. The first kappa shape index (κ1) is 34.0. The molecule has 0 amide bonds. The van der Waals surface area contributed by atoms with E-state index in [4.69, 9.17) is 23.7 Å². The molecule has 5 aromatic carbocycles. The van der Waals surface area contributed by atoms with E-state index >= 15 is 0 Å². The van der Waals surface area contributed by atoms with Crippen LogP contribution in [-0.2, 0) is 61.3 Å². The first-order valence-corrected chi connectivity index (χ1v) is 17.2. The van der Waals surface area contributed by atoms with Gasteiger partial charge in [0.05, 0.1) is 44.2 Å². The van der Waals surface area contributed by atoms with Crippen LogP contribution in [0.5, 0.6) is 0 Å². The summed E-state index contributed by atoms with van der Waals surface area (Å²) in [5.74, 6) is 0. The summed E-state index contributed by atoms with van der Waals surface area (Å²) < 4.78 is 46.9. The molecule has 1 heterocycles. The van der Waals surface area contributed by atoms with Crippen molar-refractivity contribution in [3.8, 4) is 0 Å². The third-order valence-corrected chi connectivity index (χ3v) is 9.69. The third kappa shape index (κ3) is 8.79. The average molecular weight is 665 g/mol. The Kier molecular flexibility index (Phi) is 12.1. The molecule has 48 heavy (non-hydrogen) atoms. The van der Waals surface area contributed by atoms with Gasteiger partial charge in [-0.2, -0.15) is 0 Å². The van der Waals surface area contributed by atoms with Crippen molar-refractivity contribution in [3.05, 3.63) is 174 Å². The zero-order valence-corrected chi connectivity index (χ0v) is 27.4.